The molecule has 2 rings (SSSR count). The van der Waals surface area contributed by atoms with Gasteiger partial charge in [0.1, 0.15) is 6.61 Å². The molecule has 0 saturated carbocycles. The predicted octanol–water partition coefficient (Wildman–Crippen LogP) is 1.30. The summed E-state index contributed by atoms with van der Waals surface area (Å²) in [5, 5.41) is 12.5. The van der Waals surface area contributed by atoms with Crippen molar-refractivity contribution in [1.29, 1.82) is 0 Å². The highest BCUT2D eigenvalue weighted by atomic mass is 16.5. The van der Waals surface area contributed by atoms with E-state index < -0.39 is 0 Å². The summed E-state index contributed by atoms with van der Waals surface area (Å²) < 4.78 is 5.10. The summed E-state index contributed by atoms with van der Waals surface area (Å²) in [4.78, 5) is 14.0. The van der Waals surface area contributed by atoms with Crippen LogP contribution in [0.1, 0.15) is 30.9 Å². The average Bonchev–Trinajstić information content (AvgIpc) is 2.54. The molecule has 0 unspecified atom stereocenters. The van der Waals surface area contributed by atoms with Crippen molar-refractivity contribution in [2.45, 2.75) is 39.0 Å². The van der Waals surface area contributed by atoms with Crippen LogP contribution in [0.2, 0.25) is 0 Å². The minimum Gasteiger partial charge on any atom is -0.393 e. The lowest BCUT2D eigenvalue weighted by molar-refractivity contribution is -0.125. The van der Waals surface area contributed by atoms with Crippen LogP contribution in [-0.4, -0.2) is 48.3 Å². The molecule has 0 bridgehead atoms. The SMILES string of the molecule is CCOCC(=O)NCc1ccccc1CN1CCC(O)CC1. The van der Waals surface area contributed by atoms with Crippen molar-refractivity contribution in [2.24, 2.45) is 0 Å². The Balaban J connectivity index is 1.88. The van der Waals surface area contributed by atoms with E-state index in [-0.39, 0.29) is 18.6 Å². The summed E-state index contributed by atoms with van der Waals surface area (Å²) in [6, 6.07) is 8.18. The molecule has 0 aromatic heterocycles. The van der Waals surface area contributed by atoms with Crippen molar-refractivity contribution < 1.29 is 14.6 Å². The number of aliphatic hydroxyl groups is 1. The van der Waals surface area contributed by atoms with Crippen molar-refractivity contribution in [2.75, 3.05) is 26.3 Å². The molecule has 1 aromatic rings. The van der Waals surface area contributed by atoms with E-state index in [9.17, 15) is 9.90 Å². The van der Waals surface area contributed by atoms with Gasteiger partial charge < -0.3 is 15.2 Å². The molecule has 1 aromatic carbocycles. The molecule has 1 heterocycles. The van der Waals surface area contributed by atoms with Crippen molar-refractivity contribution in [1.82, 2.24) is 10.2 Å². The maximum absolute atomic E-state index is 11.6. The van der Waals surface area contributed by atoms with Gasteiger partial charge in [-0.15, -0.1) is 0 Å². The van der Waals surface area contributed by atoms with E-state index in [4.69, 9.17) is 4.74 Å². The van der Waals surface area contributed by atoms with Crippen molar-refractivity contribution in [3.63, 3.8) is 0 Å². The Labute approximate surface area is 132 Å². The number of hydrogen-bond donors (Lipinski definition) is 2. The summed E-state index contributed by atoms with van der Waals surface area (Å²) in [5.41, 5.74) is 2.37. The Morgan fingerprint density at radius 2 is 2.00 bits per heavy atom. The fourth-order valence-corrected chi connectivity index (χ4v) is 2.64. The molecule has 0 radical (unpaired) electrons. The first-order chi connectivity index (χ1) is 10.7. The average molecular weight is 306 g/mol. The normalized spacial score (nSPS) is 16.6. The molecule has 0 spiro atoms. The van der Waals surface area contributed by atoms with Gasteiger partial charge >= 0.3 is 0 Å². The van der Waals surface area contributed by atoms with Crippen LogP contribution in [0.4, 0.5) is 0 Å². The van der Waals surface area contributed by atoms with Crippen LogP contribution in [0.15, 0.2) is 24.3 Å². The van der Waals surface area contributed by atoms with E-state index in [2.05, 4.69) is 22.3 Å². The van der Waals surface area contributed by atoms with E-state index in [1.165, 1.54) is 5.56 Å². The molecule has 5 heteroatoms. The number of amides is 1. The van der Waals surface area contributed by atoms with Gasteiger partial charge in [-0.3, -0.25) is 9.69 Å². The second-order valence-corrected chi connectivity index (χ2v) is 5.69. The van der Waals surface area contributed by atoms with Gasteiger partial charge in [0.05, 0.1) is 6.10 Å². The van der Waals surface area contributed by atoms with E-state index in [1.807, 2.05) is 19.1 Å². The van der Waals surface area contributed by atoms with Gasteiger partial charge in [0.25, 0.3) is 0 Å². The second kappa shape index (κ2) is 8.88. The third-order valence-electron chi connectivity index (χ3n) is 3.98. The minimum absolute atomic E-state index is 0.0854. The lowest BCUT2D eigenvalue weighted by atomic mass is 10.0. The number of nitrogens with zero attached hydrogens (tertiary/aromatic N) is 1. The van der Waals surface area contributed by atoms with Crippen LogP contribution in [0, 0.1) is 0 Å². The summed E-state index contributed by atoms with van der Waals surface area (Å²) in [6.07, 6.45) is 1.53. The highest BCUT2D eigenvalue weighted by Crippen LogP contribution is 2.16. The number of aliphatic hydroxyl groups excluding tert-OH is 1. The van der Waals surface area contributed by atoms with E-state index >= 15 is 0 Å². The van der Waals surface area contributed by atoms with Gasteiger partial charge in [0.2, 0.25) is 5.91 Å². The van der Waals surface area contributed by atoms with Gasteiger partial charge in [-0.2, -0.15) is 0 Å². The van der Waals surface area contributed by atoms with Crippen LogP contribution in [0.3, 0.4) is 0 Å². The molecule has 1 fully saturated rings. The zero-order valence-corrected chi connectivity index (χ0v) is 13.3. The van der Waals surface area contributed by atoms with Crippen molar-refractivity contribution in [3.05, 3.63) is 35.4 Å². The van der Waals surface area contributed by atoms with Crippen LogP contribution >= 0.6 is 0 Å². The quantitative estimate of drug-likeness (QED) is 0.797. The molecule has 1 aliphatic rings. The van der Waals surface area contributed by atoms with E-state index in [0.29, 0.717) is 13.2 Å². The first kappa shape index (κ1) is 16.9. The fourth-order valence-electron chi connectivity index (χ4n) is 2.64. The fraction of sp³-hybridized carbons (Fsp3) is 0.588. The topological polar surface area (TPSA) is 61.8 Å². The molecule has 1 saturated heterocycles. The largest absolute Gasteiger partial charge is 0.393 e. The maximum atomic E-state index is 11.6. The summed E-state index contributed by atoms with van der Waals surface area (Å²) >= 11 is 0. The molecule has 1 amide bonds. The number of rotatable bonds is 7. The number of likely N-dealkylation sites (tertiary alicyclic amines) is 1. The first-order valence-electron chi connectivity index (χ1n) is 8.00. The summed E-state index contributed by atoms with van der Waals surface area (Å²) in [7, 11) is 0. The van der Waals surface area contributed by atoms with Gasteiger partial charge in [0.15, 0.2) is 0 Å². The monoisotopic (exact) mass is 306 g/mol. The zero-order valence-electron chi connectivity index (χ0n) is 13.3. The number of benzene rings is 1. The molecular formula is C17H26N2O3. The predicted molar refractivity (Wildman–Crippen MR) is 85.3 cm³/mol. The molecule has 122 valence electrons. The molecule has 0 atom stereocenters. The Morgan fingerprint density at radius 3 is 2.68 bits per heavy atom. The zero-order chi connectivity index (χ0) is 15.8. The summed E-state index contributed by atoms with van der Waals surface area (Å²) in [5.74, 6) is -0.0854. The van der Waals surface area contributed by atoms with E-state index in [1.54, 1.807) is 0 Å². The Kier molecular flexibility index (Phi) is 6.83. The summed E-state index contributed by atoms with van der Waals surface area (Å²) in [6.45, 7) is 5.77. The van der Waals surface area contributed by atoms with Crippen LogP contribution in [0.5, 0.6) is 0 Å². The molecule has 22 heavy (non-hydrogen) atoms. The second-order valence-electron chi connectivity index (χ2n) is 5.69. The first-order valence-corrected chi connectivity index (χ1v) is 8.00. The molecule has 2 N–H and O–H groups in total. The molecule has 5 nitrogen and oxygen atoms in total. The van der Waals surface area contributed by atoms with Crippen LogP contribution in [0.25, 0.3) is 0 Å². The molecule has 0 aliphatic carbocycles. The molecule has 1 aliphatic heterocycles. The number of piperidine rings is 1. The standard InChI is InChI=1S/C17H26N2O3/c1-2-22-13-17(21)18-11-14-5-3-4-6-15(14)12-19-9-7-16(20)8-10-19/h3-6,16,20H,2,7-13H2,1H3,(H,18,21). The third-order valence-corrected chi connectivity index (χ3v) is 3.98. The number of ether oxygens (including phenoxy) is 1. The Hall–Kier alpha value is -1.43. The minimum atomic E-state index is -0.149. The van der Waals surface area contributed by atoms with E-state index in [0.717, 1.165) is 38.0 Å². The third kappa shape index (κ3) is 5.40. The highest BCUT2D eigenvalue weighted by Gasteiger charge is 2.17. The van der Waals surface area contributed by atoms with Crippen molar-refractivity contribution in [3.8, 4) is 0 Å². The molecular weight excluding hydrogens is 280 g/mol. The smallest absolute Gasteiger partial charge is 0.246 e. The van der Waals surface area contributed by atoms with Gasteiger partial charge in [-0.05, 0) is 30.9 Å². The number of carbonyl (C=O) groups excluding carboxylic acids is 1. The highest BCUT2D eigenvalue weighted by molar-refractivity contribution is 5.77. The number of carbonyl (C=O) groups is 1. The van der Waals surface area contributed by atoms with Gasteiger partial charge in [-0.1, -0.05) is 24.3 Å². The van der Waals surface area contributed by atoms with Gasteiger partial charge in [0, 0.05) is 32.8 Å². The lowest BCUT2D eigenvalue weighted by Crippen LogP contribution is -2.35. The van der Waals surface area contributed by atoms with Gasteiger partial charge in [-0.25, -0.2) is 0 Å². The van der Waals surface area contributed by atoms with Crippen LogP contribution < -0.4 is 5.32 Å². The maximum Gasteiger partial charge on any atom is 0.246 e. The number of nitrogens with one attached hydrogen (secondary N) is 1. The lowest BCUT2D eigenvalue weighted by Gasteiger charge is -2.30. The Morgan fingerprint density at radius 1 is 1.32 bits per heavy atom. The Bertz CT molecular complexity index is 471. The van der Waals surface area contributed by atoms with Crippen LogP contribution in [-0.2, 0) is 22.6 Å². The van der Waals surface area contributed by atoms with Crippen molar-refractivity contribution >= 4 is 5.91 Å². The number of hydrogen-bond acceptors (Lipinski definition) is 4.